The number of imide groups is 2. The number of fused-ring (bicyclic) bond motifs is 3. The fraction of sp³-hybridized carbons (Fsp3) is 0.383. The maximum absolute atomic E-state index is 13.8. The second-order valence-corrected chi connectivity index (χ2v) is 16.9. The van der Waals surface area contributed by atoms with Gasteiger partial charge in [0.1, 0.15) is 17.6 Å². The fourth-order valence-corrected chi connectivity index (χ4v) is 9.69. The van der Waals surface area contributed by atoms with E-state index in [0.29, 0.717) is 81.6 Å². The molecule has 10 rings (SSSR count). The molecule has 5 aromatic rings. The Hall–Kier alpha value is -6.65. The largest absolute Gasteiger partial charge is 0.381 e. The molecular formula is C47H46N8O8. The number of carbonyl (C=O) groups is 6. The molecule has 1 N–H and O–H groups in total. The van der Waals surface area contributed by atoms with Gasteiger partial charge in [-0.3, -0.25) is 49.0 Å². The minimum absolute atomic E-state index is 0.0332. The zero-order chi connectivity index (χ0) is 43.4. The third-order valence-corrected chi connectivity index (χ3v) is 13.1. The molecule has 0 spiro atoms. The van der Waals surface area contributed by atoms with Gasteiger partial charge in [-0.2, -0.15) is 0 Å². The van der Waals surface area contributed by atoms with Crippen LogP contribution in [0.15, 0.2) is 67.0 Å². The number of likely N-dealkylation sites (tertiary alicyclic amines) is 1. The molecule has 8 heterocycles. The molecule has 16 heteroatoms. The third-order valence-electron chi connectivity index (χ3n) is 13.1. The summed E-state index contributed by atoms with van der Waals surface area (Å²) in [5.74, 6) is -1.07. The minimum Gasteiger partial charge on any atom is -0.381 e. The highest BCUT2D eigenvalue weighted by Crippen LogP contribution is 2.38. The van der Waals surface area contributed by atoms with Gasteiger partial charge in [-0.15, -0.1) is 0 Å². The van der Waals surface area contributed by atoms with Crippen molar-refractivity contribution in [2.45, 2.75) is 83.2 Å². The van der Waals surface area contributed by atoms with Gasteiger partial charge < -0.3 is 23.8 Å². The topological polar surface area (TPSA) is 186 Å². The Balaban J connectivity index is 0.823. The number of imidazole rings is 1. The summed E-state index contributed by atoms with van der Waals surface area (Å²) in [7, 11) is 0. The molecule has 0 aliphatic carbocycles. The highest BCUT2D eigenvalue weighted by molar-refractivity contribution is 6.24. The SMILES string of the molecule is CC(=O)N1CCn2c(C3CCOCC3)nc(-c3cccc4cc(-c5ccc(C(=O)N6CCC[C@H](OCc7cccc8c7C(=O)N(C7CCC(=O)NC7=O)C8=O)C6)nc5)ncc34)c2C1. The summed E-state index contributed by atoms with van der Waals surface area (Å²) >= 11 is 0. The number of hydrogen-bond acceptors (Lipinski definition) is 11. The summed E-state index contributed by atoms with van der Waals surface area (Å²) in [4.78, 5) is 96.6. The van der Waals surface area contributed by atoms with E-state index in [4.69, 9.17) is 19.4 Å². The van der Waals surface area contributed by atoms with E-state index in [9.17, 15) is 28.8 Å². The van der Waals surface area contributed by atoms with Crippen LogP contribution in [-0.2, 0) is 43.6 Å². The number of aromatic nitrogens is 4. The number of amides is 6. The summed E-state index contributed by atoms with van der Waals surface area (Å²) in [6.45, 7) is 5.80. The van der Waals surface area contributed by atoms with E-state index < -0.39 is 29.7 Å². The first kappa shape index (κ1) is 40.4. The highest BCUT2D eigenvalue weighted by atomic mass is 16.5. The molecule has 322 valence electrons. The summed E-state index contributed by atoms with van der Waals surface area (Å²) in [6.07, 6.45) is 6.56. The van der Waals surface area contributed by atoms with Crippen LogP contribution in [0.25, 0.3) is 33.3 Å². The lowest BCUT2D eigenvalue weighted by Crippen LogP contribution is -2.54. The van der Waals surface area contributed by atoms with Crippen molar-refractivity contribution in [2.75, 3.05) is 32.8 Å². The molecule has 0 saturated carbocycles. The van der Waals surface area contributed by atoms with Gasteiger partial charge in [-0.05, 0) is 67.3 Å². The van der Waals surface area contributed by atoms with Crippen LogP contribution >= 0.6 is 0 Å². The van der Waals surface area contributed by atoms with E-state index in [2.05, 4.69) is 20.9 Å². The number of benzene rings is 2. The predicted molar refractivity (Wildman–Crippen MR) is 227 cm³/mol. The maximum atomic E-state index is 13.8. The normalized spacial score (nSPS) is 20.6. The van der Waals surface area contributed by atoms with Crippen LogP contribution in [0.3, 0.4) is 0 Å². The molecule has 63 heavy (non-hydrogen) atoms. The second-order valence-electron chi connectivity index (χ2n) is 16.9. The summed E-state index contributed by atoms with van der Waals surface area (Å²) in [6, 6.07) is 15.6. The lowest BCUT2D eigenvalue weighted by molar-refractivity contribution is -0.136. The Labute approximate surface area is 362 Å². The van der Waals surface area contributed by atoms with Gasteiger partial charge in [0.25, 0.3) is 17.7 Å². The molecule has 16 nitrogen and oxygen atoms in total. The molecule has 3 aromatic heterocycles. The molecule has 2 aromatic carbocycles. The number of piperidine rings is 2. The van der Waals surface area contributed by atoms with E-state index in [-0.39, 0.29) is 48.5 Å². The molecular weight excluding hydrogens is 805 g/mol. The maximum Gasteiger partial charge on any atom is 0.272 e. The van der Waals surface area contributed by atoms with E-state index in [1.807, 2.05) is 35.4 Å². The Morgan fingerprint density at radius 3 is 2.49 bits per heavy atom. The highest BCUT2D eigenvalue weighted by Gasteiger charge is 2.45. The fourth-order valence-electron chi connectivity index (χ4n) is 9.69. The van der Waals surface area contributed by atoms with Crippen LogP contribution in [0.4, 0.5) is 0 Å². The van der Waals surface area contributed by atoms with Crippen molar-refractivity contribution in [1.29, 1.82) is 0 Å². The molecule has 0 radical (unpaired) electrons. The van der Waals surface area contributed by atoms with Gasteiger partial charge in [-0.25, -0.2) is 4.98 Å². The lowest BCUT2D eigenvalue weighted by atomic mass is 9.99. The Kier molecular flexibility index (Phi) is 10.6. The van der Waals surface area contributed by atoms with Crippen LogP contribution in [0.1, 0.15) is 99.7 Å². The van der Waals surface area contributed by atoms with Crippen LogP contribution in [-0.4, -0.2) is 115 Å². The van der Waals surface area contributed by atoms with Crippen molar-refractivity contribution in [3.05, 3.63) is 101 Å². The second kappa shape index (κ2) is 16.6. The molecule has 6 amide bonds. The van der Waals surface area contributed by atoms with Gasteiger partial charge in [0.2, 0.25) is 17.7 Å². The third kappa shape index (κ3) is 7.46. The molecule has 3 saturated heterocycles. The first-order valence-corrected chi connectivity index (χ1v) is 21.7. The van der Waals surface area contributed by atoms with Gasteiger partial charge in [0.15, 0.2) is 0 Å². The zero-order valence-electron chi connectivity index (χ0n) is 34.9. The van der Waals surface area contributed by atoms with Gasteiger partial charge >= 0.3 is 0 Å². The molecule has 3 fully saturated rings. The van der Waals surface area contributed by atoms with Crippen LogP contribution in [0.2, 0.25) is 0 Å². The van der Waals surface area contributed by atoms with Crippen molar-refractivity contribution < 1.29 is 38.2 Å². The Morgan fingerprint density at radius 2 is 1.70 bits per heavy atom. The molecule has 5 aliphatic rings. The first-order chi connectivity index (χ1) is 30.6. The standard InChI is InChI=1S/C47H46N8O8/c1-27(56)52-17-18-54-39(25-52)42(51-43(54)28-14-19-62-20-15-28)33-8-2-5-29-21-37(49-23-35(29)33)30-10-11-36(48-22-30)46(60)53-16-4-7-32(24-53)63-26-31-6-3-9-34-41(31)47(61)55(45(34)59)38-12-13-40(57)50-44(38)58/h2-3,5-6,8-11,21-23,28,32,38H,4,7,12-20,24-26H2,1H3,(H,50,57,58)/t32-,38?/m0/s1. The molecule has 0 bridgehead atoms. The lowest BCUT2D eigenvalue weighted by Gasteiger charge is -2.32. The Bertz CT molecular complexity index is 2710. The van der Waals surface area contributed by atoms with Crippen LogP contribution < -0.4 is 5.32 Å². The number of hydrogen-bond donors (Lipinski definition) is 1. The predicted octanol–water partition coefficient (Wildman–Crippen LogP) is 4.64. The monoisotopic (exact) mass is 850 g/mol. The number of carbonyl (C=O) groups excluding carboxylic acids is 6. The van der Waals surface area contributed by atoms with E-state index in [1.165, 1.54) is 0 Å². The number of ether oxygens (including phenoxy) is 2. The summed E-state index contributed by atoms with van der Waals surface area (Å²) in [5.41, 5.74) is 5.56. The zero-order valence-corrected chi connectivity index (χ0v) is 34.9. The van der Waals surface area contributed by atoms with Crippen molar-refractivity contribution >= 4 is 46.2 Å². The van der Waals surface area contributed by atoms with Crippen molar-refractivity contribution in [3.63, 3.8) is 0 Å². The van der Waals surface area contributed by atoms with Crippen molar-refractivity contribution in [1.82, 2.24) is 39.5 Å². The average molecular weight is 851 g/mol. The van der Waals surface area contributed by atoms with Crippen molar-refractivity contribution in [3.8, 4) is 22.5 Å². The Morgan fingerprint density at radius 1 is 0.873 bits per heavy atom. The van der Waals surface area contributed by atoms with Crippen LogP contribution in [0.5, 0.6) is 0 Å². The van der Waals surface area contributed by atoms with Crippen LogP contribution in [0, 0.1) is 0 Å². The first-order valence-electron chi connectivity index (χ1n) is 21.7. The summed E-state index contributed by atoms with van der Waals surface area (Å²) in [5, 5.41) is 4.15. The smallest absolute Gasteiger partial charge is 0.272 e. The minimum atomic E-state index is -1.06. The number of nitrogens with zero attached hydrogens (tertiary/aromatic N) is 7. The number of nitrogens with one attached hydrogen (secondary N) is 1. The molecule has 2 atom stereocenters. The average Bonchev–Trinajstić information content (AvgIpc) is 3.81. The van der Waals surface area contributed by atoms with E-state index in [1.54, 1.807) is 42.3 Å². The molecule has 1 unspecified atom stereocenters. The van der Waals surface area contributed by atoms with Crippen molar-refractivity contribution in [2.24, 2.45) is 0 Å². The van der Waals surface area contributed by atoms with Gasteiger partial charge in [-0.1, -0.05) is 30.3 Å². The summed E-state index contributed by atoms with van der Waals surface area (Å²) < 4.78 is 14.3. The van der Waals surface area contributed by atoms with Gasteiger partial charge in [0.05, 0.1) is 47.5 Å². The quantitative estimate of drug-likeness (QED) is 0.215. The number of rotatable bonds is 8. The van der Waals surface area contributed by atoms with E-state index >= 15 is 0 Å². The van der Waals surface area contributed by atoms with Gasteiger partial charge in [0, 0.05) is 87.6 Å². The molecule has 5 aliphatic heterocycles. The van der Waals surface area contributed by atoms with E-state index in [0.717, 1.165) is 56.9 Å². The number of pyridine rings is 2.